The van der Waals surface area contributed by atoms with Crippen LogP contribution in [0.1, 0.15) is 17.5 Å². The summed E-state index contributed by atoms with van der Waals surface area (Å²) in [5.41, 5.74) is 3.13. The molecular formula is C20H17FN4O2. The topological polar surface area (TPSA) is 76.0 Å². The molecule has 1 heterocycles. The third-order valence-corrected chi connectivity index (χ3v) is 4.52. The number of aromatic nitrogens is 2. The van der Waals surface area contributed by atoms with Gasteiger partial charge in [0, 0.05) is 23.8 Å². The Morgan fingerprint density at radius 2 is 1.93 bits per heavy atom. The minimum absolute atomic E-state index is 0.105. The van der Waals surface area contributed by atoms with Crippen LogP contribution in [0, 0.1) is 5.82 Å². The minimum Gasteiger partial charge on any atom is -0.308 e. The monoisotopic (exact) mass is 364 g/mol. The van der Waals surface area contributed by atoms with E-state index in [9.17, 15) is 14.0 Å². The molecule has 0 radical (unpaired) electrons. The molecule has 1 aliphatic carbocycles. The number of fused-ring (bicyclic) bond motifs is 1. The van der Waals surface area contributed by atoms with E-state index in [2.05, 4.69) is 15.6 Å². The standard InChI is InChI=1S/C20H17FN4O2/c21-15-5-2-6-16(12-15)23-20(27)24-18-19(26)25(10-9-22-18)17-8-7-13-3-1-4-14(13)11-17/h2,5-12H,1,3-4H2,(H2,22,23,24,27). The van der Waals surface area contributed by atoms with Gasteiger partial charge in [-0.15, -0.1) is 0 Å². The van der Waals surface area contributed by atoms with Crippen molar-refractivity contribution in [3.05, 3.63) is 82.2 Å². The van der Waals surface area contributed by atoms with Gasteiger partial charge in [0.25, 0.3) is 5.56 Å². The van der Waals surface area contributed by atoms with Crippen LogP contribution in [0.25, 0.3) is 5.69 Å². The summed E-state index contributed by atoms with van der Waals surface area (Å²) in [6.45, 7) is 0. The first-order chi connectivity index (χ1) is 13.1. The number of nitrogens with one attached hydrogen (secondary N) is 2. The number of aryl methyl sites for hydroxylation is 2. The molecule has 2 amide bonds. The molecule has 0 spiro atoms. The summed E-state index contributed by atoms with van der Waals surface area (Å²) in [4.78, 5) is 28.8. The second-order valence-electron chi connectivity index (χ2n) is 6.35. The van der Waals surface area contributed by atoms with E-state index in [1.54, 1.807) is 12.3 Å². The van der Waals surface area contributed by atoms with E-state index in [0.29, 0.717) is 0 Å². The average molecular weight is 364 g/mol. The smallest absolute Gasteiger partial charge is 0.308 e. The van der Waals surface area contributed by atoms with Crippen molar-refractivity contribution in [2.75, 3.05) is 10.6 Å². The highest BCUT2D eigenvalue weighted by Gasteiger charge is 2.14. The highest BCUT2D eigenvalue weighted by molar-refractivity contribution is 5.99. The zero-order valence-corrected chi connectivity index (χ0v) is 14.4. The maximum absolute atomic E-state index is 13.2. The predicted molar refractivity (Wildman–Crippen MR) is 101 cm³/mol. The van der Waals surface area contributed by atoms with E-state index in [0.717, 1.165) is 24.9 Å². The molecule has 2 aromatic carbocycles. The molecule has 0 unspecified atom stereocenters. The fourth-order valence-corrected chi connectivity index (χ4v) is 3.24. The molecule has 4 rings (SSSR count). The first kappa shape index (κ1) is 17.0. The minimum atomic E-state index is -0.670. The number of amides is 2. The number of hydrogen-bond donors (Lipinski definition) is 2. The van der Waals surface area contributed by atoms with Crippen LogP contribution < -0.4 is 16.2 Å². The lowest BCUT2D eigenvalue weighted by Gasteiger charge is -2.11. The second kappa shape index (κ2) is 7.03. The summed E-state index contributed by atoms with van der Waals surface area (Å²) in [6, 6.07) is 10.7. The van der Waals surface area contributed by atoms with E-state index in [1.165, 1.54) is 40.1 Å². The molecule has 0 aliphatic heterocycles. The van der Waals surface area contributed by atoms with Gasteiger partial charge in [0.05, 0.1) is 0 Å². The second-order valence-corrected chi connectivity index (χ2v) is 6.35. The molecular weight excluding hydrogens is 347 g/mol. The molecule has 2 N–H and O–H groups in total. The van der Waals surface area contributed by atoms with Crippen molar-refractivity contribution in [3.8, 4) is 5.69 Å². The Balaban J connectivity index is 1.57. The van der Waals surface area contributed by atoms with Gasteiger partial charge in [-0.05, 0) is 60.7 Å². The largest absolute Gasteiger partial charge is 0.325 e. The molecule has 0 atom stereocenters. The number of halogens is 1. The molecule has 1 aromatic heterocycles. The lowest BCUT2D eigenvalue weighted by Crippen LogP contribution is -2.28. The van der Waals surface area contributed by atoms with Gasteiger partial charge in [0.2, 0.25) is 5.82 Å². The van der Waals surface area contributed by atoms with Crippen LogP contribution in [-0.4, -0.2) is 15.6 Å². The summed E-state index contributed by atoms with van der Waals surface area (Å²) in [5.74, 6) is -0.573. The molecule has 0 fully saturated rings. The van der Waals surface area contributed by atoms with Crippen LogP contribution in [0.5, 0.6) is 0 Å². The lowest BCUT2D eigenvalue weighted by atomic mass is 10.1. The summed E-state index contributed by atoms with van der Waals surface area (Å²) in [5, 5.41) is 4.90. The third kappa shape index (κ3) is 3.57. The van der Waals surface area contributed by atoms with Crippen molar-refractivity contribution < 1.29 is 9.18 Å². The van der Waals surface area contributed by atoms with E-state index in [-0.39, 0.29) is 11.5 Å². The zero-order valence-electron chi connectivity index (χ0n) is 14.4. The number of nitrogens with zero attached hydrogens (tertiary/aromatic N) is 2. The summed E-state index contributed by atoms with van der Waals surface area (Å²) < 4.78 is 14.7. The maximum atomic E-state index is 13.2. The Bertz CT molecular complexity index is 1080. The maximum Gasteiger partial charge on any atom is 0.325 e. The lowest BCUT2D eigenvalue weighted by molar-refractivity contribution is 0.262. The van der Waals surface area contributed by atoms with E-state index < -0.39 is 17.4 Å². The van der Waals surface area contributed by atoms with Gasteiger partial charge >= 0.3 is 6.03 Å². The van der Waals surface area contributed by atoms with Crippen LogP contribution in [-0.2, 0) is 12.8 Å². The number of rotatable bonds is 3. The Labute approximate surface area is 154 Å². The molecule has 3 aromatic rings. The van der Waals surface area contributed by atoms with Gasteiger partial charge in [-0.3, -0.25) is 14.7 Å². The molecule has 6 nitrogen and oxygen atoms in total. The molecule has 27 heavy (non-hydrogen) atoms. The quantitative estimate of drug-likeness (QED) is 0.747. The molecule has 0 saturated heterocycles. The highest BCUT2D eigenvalue weighted by Crippen LogP contribution is 2.24. The van der Waals surface area contributed by atoms with Crippen molar-refractivity contribution in [2.24, 2.45) is 0 Å². The van der Waals surface area contributed by atoms with Crippen molar-refractivity contribution in [1.29, 1.82) is 0 Å². The van der Waals surface area contributed by atoms with Crippen molar-refractivity contribution in [3.63, 3.8) is 0 Å². The van der Waals surface area contributed by atoms with Crippen LogP contribution >= 0.6 is 0 Å². The first-order valence-corrected chi connectivity index (χ1v) is 8.63. The van der Waals surface area contributed by atoms with Crippen molar-refractivity contribution >= 4 is 17.5 Å². The Hall–Kier alpha value is -3.48. The van der Waals surface area contributed by atoms with E-state index in [4.69, 9.17) is 0 Å². The summed E-state index contributed by atoms with van der Waals surface area (Å²) >= 11 is 0. The SMILES string of the molecule is O=C(Nc1cccc(F)c1)Nc1nccn(-c2ccc3c(c2)CCC3)c1=O. The van der Waals surface area contributed by atoms with Gasteiger partial charge in [0.15, 0.2) is 0 Å². The number of benzene rings is 2. The number of anilines is 2. The van der Waals surface area contributed by atoms with Gasteiger partial charge in [0.1, 0.15) is 5.82 Å². The molecule has 1 aliphatic rings. The summed E-state index contributed by atoms with van der Waals surface area (Å²) in [7, 11) is 0. The molecule has 136 valence electrons. The van der Waals surface area contributed by atoms with Crippen LogP contribution in [0.2, 0.25) is 0 Å². The Morgan fingerprint density at radius 1 is 1.07 bits per heavy atom. The van der Waals surface area contributed by atoms with Crippen LogP contribution in [0.4, 0.5) is 20.7 Å². The Morgan fingerprint density at radius 3 is 2.78 bits per heavy atom. The van der Waals surface area contributed by atoms with Crippen LogP contribution in [0.3, 0.4) is 0 Å². The number of urea groups is 1. The molecule has 7 heteroatoms. The summed E-state index contributed by atoms with van der Waals surface area (Å²) in [6.07, 6.45) is 6.20. The Kier molecular flexibility index (Phi) is 4.42. The number of hydrogen-bond acceptors (Lipinski definition) is 3. The van der Waals surface area contributed by atoms with Gasteiger partial charge in [-0.25, -0.2) is 14.2 Å². The fraction of sp³-hybridized carbons (Fsp3) is 0.150. The fourth-order valence-electron chi connectivity index (χ4n) is 3.24. The number of carbonyl (C=O) groups excluding carboxylic acids is 1. The first-order valence-electron chi connectivity index (χ1n) is 8.63. The molecule has 0 saturated carbocycles. The van der Waals surface area contributed by atoms with Gasteiger partial charge in [-0.1, -0.05) is 12.1 Å². The van der Waals surface area contributed by atoms with Crippen LogP contribution in [0.15, 0.2) is 59.7 Å². The van der Waals surface area contributed by atoms with Crippen molar-refractivity contribution in [1.82, 2.24) is 9.55 Å². The predicted octanol–water partition coefficient (Wildman–Crippen LogP) is 3.50. The van der Waals surface area contributed by atoms with Crippen molar-refractivity contribution in [2.45, 2.75) is 19.3 Å². The average Bonchev–Trinajstić information content (AvgIpc) is 3.11. The number of carbonyl (C=O) groups is 1. The third-order valence-electron chi connectivity index (χ3n) is 4.52. The van der Waals surface area contributed by atoms with E-state index >= 15 is 0 Å². The zero-order chi connectivity index (χ0) is 18.8. The van der Waals surface area contributed by atoms with Gasteiger partial charge < -0.3 is 5.32 Å². The normalized spacial score (nSPS) is 12.5. The highest BCUT2D eigenvalue weighted by atomic mass is 19.1. The molecule has 0 bridgehead atoms. The van der Waals surface area contributed by atoms with Gasteiger partial charge in [-0.2, -0.15) is 0 Å². The van der Waals surface area contributed by atoms with E-state index in [1.807, 2.05) is 18.2 Å².